The topological polar surface area (TPSA) is 89.9 Å². The molecule has 0 unspecified atom stereocenters. The Morgan fingerprint density at radius 2 is 1.57 bits per heavy atom. The molecule has 0 saturated heterocycles. The van der Waals surface area contributed by atoms with Crippen LogP contribution < -0.4 is 10.1 Å². The number of nitrogens with one attached hydrogen (secondary N) is 1. The SMILES string of the molecule is Cc1nc(-c2ccccc2)ncc1OC(=O)Nc1nc(-c2ccccc2)ns1. The third-order valence-corrected chi connectivity index (χ3v) is 4.47. The van der Waals surface area contributed by atoms with E-state index in [4.69, 9.17) is 4.74 Å². The second kappa shape index (κ2) is 7.93. The van der Waals surface area contributed by atoms with E-state index >= 15 is 0 Å². The number of rotatable bonds is 4. The fourth-order valence-corrected chi connectivity index (χ4v) is 3.05. The van der Waals surface area contributed by atoms with Gasteiger partial charge in [0.2, 0.25) is 5.13 Å². The summed E-state index contributed by atoms with van der Waals surface area (Å²) in [7, 11) is 0. The molecule has 1 amide bonds. The van der Waals surface area contributed by atoms with E-state index in [0.717, 1.165) is 22.7 Å². The van der Waals surface area contributed by atoms with Crippen molar-refractivity contribution in [3.63, 3.8) is 0 Å². The standard InChI is InChI=1S/C20H15N5O2S/c1-13-16(12-21-17(22-13)14-8-4-2-5-9-14)27-20(26)24-19-23-18(25-28-19)15-10-6-3-7-11-15/h2-12H,1H3,(H,23,24,25,26). The minimum Gasteiger partial charge on any atom is -0.406 e. The van der Waals surface area contributed by atoms with Crippen LogP contribution in [0.3, 0.4) is 0 Å². The molecule has 0 bridgehead atoms. The van der Waals surface area contributed by atoms with E-state index in [-0.39, 0.29) is 5.75 Å². The third-order valence-electron chi connectivity index (χ3n) is 3.84. The van der Waals surface area contributed by atoms with Crippen molar-refractivity contribution in [1.29, 1.82) is 0 Å². The zero-order valence-corrected chi connectivity index (χ0v) is 15.7. The molecule has 0 saturated carbocycles. The first-order valence-corrected chi connectivity index (χ1v) is 9.23. The van der Waals surface area contributed by atoms with Crippen LogP contribution in [-0.4, -0.2) is 25.4 Å². The highest BCUT2D eigenvalue weighted by molar-refractivity contribution is 7.10. The van der Waals surface area contributed by atoms with Crippen LogP contribution in [0.15, 0.2) is 66.9 Å². The van der Waals surface area contributed by atoms with Crippen LogP contribution in [0.25, 0.3) is 22.8 Å². The van der Waals surface area contributed by atoms with Crippen molar-refractivity contribution in [1.82, 2.24) is 19.3 Å². The Bertz CT molecular complexity index is 1100. The monoisotopic (exact) mass is 389 g/mol. The smallest absolute Gasteiger partial charge is 0.406 e. The van der Waals surface area contributed by atoms with E-state index in [2.05, 4.69) is 24.6 Å². The minimum absolute atomic E-state index is 0.282. The molecule has 4 aromatic rings. The zero-order chi connectivity index (χ0) is 19.3. The van der Waals surface area contributed by atoms with Crippen LogP contribution >= 0.6 is 11.5 Å². The summed E-state index contributed by atoms with van der Waals surface area (Å²) in [5.41, 5.74) is 2.33. The average Bonchev–Trinajstić information content (AvgIpc) is 3.19. The Morgan fingerprint density at radius 3 is 2.21 bits per heavy atom. The number of amides is 1. The molecule has 4 rings (SSSR count). The highest BCUT2D eigenvalue weighted by Crippen LogP contribution is 2.22. The maximum Gasteiger partial charge on any atom is 0.419 e. The van der Waals surface area contributed by atoms with Crippen molar-refractivity contribution < 1.29 is 9.53 Å². The van der Waals surface area contributed by atoms with Gasteiger partial charge in [-0.15, -0.1) is 0 Å². The Balaban J connectivity index is 1.44. The quantitative estimate of drug-likeness (QED) is 0.549. The van der Waals surface area contributed by atoms with Gasteiger partial charge in [0.25, 0.3) is 0 Å². The number of hydrogen-bond donors (Lipinski definition) is 1. The molecule has 1 N–H and O–H groups in total. The molecular weight excluding hydrogens is 374 g/mol. The molecule has 138 valence electrons. The summed E-state index contributed by atoms with van der Waals surface area (Å²) in [6, 6.07) is 19.1. The van der Waals surface area contributed by atoms with Crippen LogP contribution in [0.2, 0.25) is 0 Å². The largest absolute Gasteiger partial charge is 0.419 e. The molecule has 0 aliphatic heterocycles. The van der Waals surface area contributed by atoms with Crippen LogP contribution in [0.1, 0.15) is 5.69 Å². The maximum atomic E-state index is 12.2. The molecule has 0 aliphatic rings. The molecule has 7 nitrogen and oxygen atoms in total. The Hall–Kier alpha value is -3.65. The zero-order valence-electron chi connectivity index (χ0n) is 14.9. The number of aromatic nitrogens is 4. The summed E-state index contributed by atoms with van der Waals surface area (Å²) in [4.78, 5) is 25.2. The number of nitrogens with zero attached hydrogens (tertiary/aromatic N) is 4. The highest BCUT2D eigenvalue weighted by Gasteiger charge is 2.13. The van der Waals surface area contributed by atoms with Gasteiger partial charge in [-0.05, 0) is 6.92 Å². The number of anilines is 1. The van der Waals surface area contributed by atoms with E-state index in [0.29, 0.717) is 22.5 Å². The summed E-state index contributed by atoms with van der Waals surface area (Å²) < 4.78 is 9.56. The van der Waals surface area contributed by atoms with Gasteiger partial charge in [0, 0.05) is 22.7 Å². The second-order valence-corrected chi connectivity index (χ2v) is 6.56. The van der Waals surface area contributed by atoms with Crippen molar-refractivity contribution in [2.75, 3.05) is 5.32 Å². The molecule has 0 radical (unpaired) electrons. The van der Waals surface area contributed by atoms with Crippen molar-refractivity contribution >= 4 is 22.8 Å². The Labute approximate surface area is 165 Å². The number of carbonyl (C=O) groups excluding carboxylic acids is 1. The number of hydrogen-bond acceptors (Lipinski definition) is 7. The lowest BCUT2D eigenvalue weighted by molar-refractivity contribution is 0.214. The van der Waals surface area contributed by atoms with Crippen LogP contribution in [-0.2, 0) is 0 Å². The van der Waals surface area contributed by atoms with E-state index in [9.17, 15) is 4.79 Å². The number of carbonyl (C=O) groups is 1. The maximum absolute atomic E-state index is 12.2. The van der Waals surface area contributed by atoms with Crippen molar-refractivity contribution in [2.45, 2.75) is 6.92 Å². The van der Waals surface area contributed by atoms with Gasteiger partial charge in [-0.2, -0.15) is 9.36 Å². The van der Waals surface area contributed by atoms with E-state index in [1.165, 1.54) is 6.20 Å². The molecule has 0 aliphatic carbocycles. The second-order valence-electron chi connectivity index (χ2n) is 5.81. The lowest BCUT2D eigenvalue weighted by Crippen LogP contribution is -2.17. The number of benzene rings is 2. The molecule has 28 heavy (non-hydrogen) atoms. The van der Waals surface area contributed by atoms with Gasteiger partial charge in [-0.3, -0.25) is 5.32 Å². The van der Waals surface area contributed by atoms with Gasteiger partial charge < -0.3 is 4.74 Å². The van der Waals surface area contributed by atoms with Gasteiger partial charge in [0.15, 0.2) is 17.4 Å². The molecule has 2 heterocycles. The van der Waals surface area contributed by atoms with Crippen LogP contribution in [0, 0.1) is 6.92 Å². The number of aryl methyl sites for hydroxylation is 1. The third kappa shape index (κ3) is 4.02. The summed E-state index contributed by atoms with van der Waals surface area (Å²) in [6.07, 6.45) is 0.814. The summed E-state index contributed by atoms with van der Waals surface area (Å²) >= 11 is 1.08. The van der Waals surface area contributed by atoms with E-state index in [1.807, 2.05) is 60.7 Å². The van der Waals surface area contributed by atoms with Crippen LogP contribution in [0.5, 0.6) is 5.75 Å². The van der Waals surface area contributed by atoms with Gasteiger partial charge in [-0.25, -0.2) is 14.8 Å². The lowest BCUT2D eigenvalue weighted by atomic mass is 10.2. The van der Waals surface area contributed by atoms with Crippen molar-refractivity contribution in [2.24, 2.45) is 0 Å². The van der Waals surface area contributed by atoms with Crippen molar-refractivity contribution in [3.8, 4) is 28.5 Å². The van der Waals surface area contributed by atoms with Gasteiger partial charge >= 0.3 is 6.09 Å². The predicted molar refractivity (Wildman–Crippen MR) is 107 cm³/mol. The van der Waals surface area contributed by atoms with Crippen molar-refractivity contribution in [3.05, 3.63) is 72.6 Å². The summed E-state index contributed by atoms with van der Waals surface area (Å²) in [5.74, 6) is 1.40. The first-order valence-electron chi connectivity index (χ1n) is 8.46. The molecule has 2 aromatic carbocycles. The summed E-state index contributed by atoms with van der Waals surface area (Å²) in [6.45, 7) is 1.76. The van der Waals surface area contributed by atoms with Gasteiger partial charge in [0.1, 0.15) is 0 Å². The lowest BCUT2D eigenvalue weighted by Gasteiger charge is -2.07. The fourth-order valence-electron chi connectivity index (χ4n) is 2.47. The predicted octanol–water partition coefficient (Wildman–Crippen LogP) is 4.58. The molecule has 0 atom stereocenters. The first-order chi connectivity index (χ1) is 13.7. The molecule has 0 fully saturated rings. The van der Waals surface area contributed by atoms with Crippen LogP contribution in [0.4, 0.5) is 9.93 Å². The highest BCUT2D eigenvalue weighted by atomic mass is 32.1. The first kappa shape index (κ1) is 17.7. The molecule has 2 aromatic heterocycles. The average molecular weight is 389 g/mol. The number of ether oxygens (including phenoxy) is 1. The van der Waals surface area contributed by atoms with Gasteiger partial charge in [0.05, 0.1) is 11.9 Å². The van der Waals surface area contributed by atoms with E-state index < -0.39 is 6.09 Å². The Kier molecular flexibility index (Phi) is 5.03. The van der Waals surface area contributed by atoms with E-state index in [1.54, 1.807) is 6.92 Å². The molecular formula is C20H15N5O2S. The Morgan fingerprint density at radius 1 is 0.929 bits per heavy atom. The normalized spacial score (nSPS) is 10.5. The molecule has 0 spiro atoms. The molecule has 8 heteroatoms. The summed E-state index contributed by atoms with van der Waals surface area (Å²) in [5, 5.41) is 2.93. The van der Waals surface area contributed by atoms with Gasteiger partial charge in [-0.1, -0.05) is 60.7 Å². The fraction of sp³-hybridized carbons (Fsp3) is 0.0500. The minimum atomic E-state index is -0.671.